The molecule has 0 atom stereocenters. The second-order valence-electron chi connectivity index (χ2n) is 3.92. The van der Waals surface area contributed by atoms with Gasteiger partial charge in [-0.05, 0) is 12.8 Å². The van der Waals surface area contributed by atoms with Gasteiger partial charge in [0.15, 0.2) is 0 Å². The van der Waals surface area contributed by atoms with Crippen LogP contribution in [0.25, 0.3) is 0 Å². The van der Waals surface area contributed by atoms with E-state index in [9.17, 15) is 0 Å². The Kier molecular flexibility index (Phi) is 2.84. The summed E-state index contributed by atoms with van der Waals surface area (Å²) in [6, 6.07) is 0.476. The van der Waals surface area contributed by atoms with Gasteiger partial charge in [0.2, 0.25) is 0 Å². The zero-order chi connectivity index (χ0) is 10.7. The zero-order valence-electron chi connectivity index (χ0n) is 8.66. The van der Waals surface area contributed by atoms with Gasteiger partial charge in [-0.3, -0.25) is 0 Å². The van der Waals surface area contributed by atoms with E-state index in [4.69, 9.17) is 11.5 Å². The molecule has 1 aromatic rings. The Morgan fingerprint density at radius 1 is 1.13 bits per heavy atom. The predicted octanol–water partition coefficient (Wildman–Crippen LogP) is 0.200. The first-order chi connectivity index (χ1) is 7.24. The van der Waals surface area contributed by atoms with Crippen molar-refractivity contribution >= 4 is 17.8 Å². The molecule has 15 heavy (non-hydrogen) atoms. The van der Waals surface area contributed by atoms with Crippen molar-refractivity contribution in [3.63, 3.8) is 0 Å². The van der Waals surface area contributed by atoms with Crippen LogP contribution >= 0.6 is 0 Å². The van der Waals surface area contributed by atoms with Crippen LogP contribution in [-0.2, 0) is 0 Å². The average Bonchev–Trinajstić information content (AvgIpc) is 2.17. The van der Waals surface area contributed by atoms with Gasteiger partial charge in [-0.1, -0.05) is 29.2 Å². The second kappa shape index (κ2) is 4.29. The molecule has 6 nitrogen and oxygen atoms in total. The molecule has 0 radical (unpaired) electrons. The van der Waals surface area contributed by atoms with Crippen molar-refractivity contribution in [2.75, 3.05) is 16.8 Å². The standard InChI is InChI=1S/C9H16N6/c10-7-13-8(11)15-9(14-7)12-6-4-2-1-3-5-6/h6H,1-5H2,(H5,10,11,12,13,14,15)/p+1. The number of H-pyrrole nitrogens is 1. The molecule has 0 unspecified atom stereocenters. The first-order valence-corrected chi connectivity index (χ1v) is 5.33. The van der Waals surface area contributed by atoms with Crippen LogP contribution in [0.2, 0.25) is 0 Å². The lowest BCUT2D eigenvalue weighted by Gasteiger charge is -2.20. The van der Waals surface area contributed by atoms with E-state index in [0.717, 1.165) is 0 Å². The summed E-state index contributed by atoms with van der Waals surface area (Å²) in [5.41, 5.74) is 11.0. The number of hydrogen-bond donors (Lipinski definition) is 3. The minimum atomic E-state index is 0.199. The monoisotopic (exact) mass is 209 g/mol. The largest absolute Gasteiger partial charge is 0.351 e. The topological polar surface area (TPSA) is 104 Å². The lowest BCUT2D eigenvalue weighted by atomic mass is 9.96. The van der Waals surface area contributed by atoms with Gasteiger partial charge in [-0.25, -0.2) is 4.98 Å². The van der Waals surface area contributed by atoms with Gasteiger partial charge in [-0.15, -0.1) is 0 Å². The summed E-state index contributed by atoms with van der Waals surface area (Å²) in [7, 11) is 0. The molecule has 1 aromatic heterocycles. The molecule has 0 aliphatic heterocycles. The quantitative estimate of drug-likeness (QED) is 0.645. The van der Waals surface area contributed by atoms with Gasteiger partial charge in [0.25, 0.3) is 0 Å². The molecule has 0 saturated heterocycles. The molecule has 1 saturated carbocycles. The molecule has 0 bridgehead atoms. The maximum Gasteiger partial charge on any atom is 0.322 e. The first kappa shape index (κ1) is 9.95. The predicted molar refractivity (Wildman–Crippen MR) is 57.9 cm³/mol. The zero-order valence-corrected chi connectivity index (χ0v) is 8.66. The van der Waals surface area contributed by atoms with Gasteiger partial charge in [0, 0.05) is 0 Å². The maximum atomic E-state index is 5.54. The van der Waals surface area contributed by atoms with E-state index >= 15 is 0 Å². The van der Waals surface area contributed by atoms with Crippen LogP contribution in [0.5, 0.6) is 0 Å². The number of aromatic nitrogens is 3. The van der Waals surface area contributed by atoms with E-state index in [1.165, 1.54) is 32.1 Å². The summed E-state index contributed by atoms with van der Waals surface area (Å²) in [5.74, 6) is 1.11. The van der Waals surface area contributed by atoms with Gasteiger partial charge in [0.05, 0.1) is 6.04 Å². The van der Waals surface area contributed by atoms with Crippen LogP contribution in [0.3, 0.4) is 0 Å². The highest BCUT2D eigenvalue weighted by Crippen LogP contribution is 2.19. The van der Waals surface area contributed by atoms with E-state index in [1.807, 2.05) is 0 Å². The van der Waals surface area contributed by atoms with Crippen LogP contribution in [0.4, 0.5) is 17.8 Å². The Morgan fingerprint density at radius 2 is 1.87 bits per heavy atom. The summed E-state index contributed by atoms with van der Waals surface area (Å²) in [5, 5.41) is 3.30. The smallest absolute Gasteiger partial charge is 0.322 e. The summed E-state index contributed by atoms with van der Waals surface area (Å²) in [6.07, 6.45) is 6.23. The number of anilines is 3. The van der Waals surface area contributed by atoms with Crippen molar-refractivity contribution in [2.45, 2.75) is 38.1 Å². The van der Waals surface area contributed by atoms with E-state index in [-0.39, 0.29) is 5.95 Å². The molecule has 0 aromatic carbocycles. The summed E-state index contributed by atoms with van der Waals surface area (Å²) in [4.78, 5) is 10.7. The van der Waals surface area contributed by atoms with Crippen molar-refractivity contribution in [3.05, 3.63) is 0 Å². The minimum absolute atomic E-state index is 0.199. The van der Waals surface area contributed by atoms with Crippen molar-refractivity contribution in [2.24, 2.45) is 0 Å². The summed E-state index contributed by atoms with van der Waals surface area (Å²) < 4.78 is 0. The van der Waals surface area contributed by atoms with Crippen LogP contribution < -0.4 is 21.8 Å². The van der Waals surface area contributed by atoms with Crippen LogP contribution in [0, 0.1) is 0 Å². The third-order valence-corrected chi connectivity index (χ3v) is 2.65. The van der Waals surface area contributed by atoms with Crippen molar-refractivity contribution < 1.29 is 4.98 Å². The van der Waals surface area contributed by atoms with Crippen molar-refractivity contribution in [1.82, 2.24) is 9.97 Å². The number of aromatic amines is 1. The lowest BCUT2D eigenvalue weighted by Crippen LogP contribution is -2.29. The highest BCUT2D eigenvalue weighted by atomic mass is 15.2. The van der Waals surface area contributed by atoms with Crippen LogP contribution in [0.1, 0.15) is 32.1 Å². The van der Waals surface area contributed by atoms with Crippen molar-refractivity contribution in [1.29, 1.82) is 0 Å². The number of nitrogens with two attached hydrogens (primary N) is 2. The summed E-state index contributed by atoms with van der Waals surface area (Å²) >= 11 is 0. The fraction of sp³-hybridized carbons (Fsp3) is 0.667. The number of nitrogens with one attached hydrogen (secondary N) is 2. The molecule has 1 aliphatic rings. The highest BCUT2D eigenvalue weighted by Gasteiger charge is 2.17. The molecule has 1 aliphatic carbocycles. The molecule has 82 valence electrons. The van der Waals surface area contributed by atoms with E-state index < -0.39 is 0 Å². The molecule has 1 heterocycles. The fourth-order valence-electron chi connectivity index (χ4n) is 1.95. The Bertz CT molecular complexity index is 313. The maximum absolute atomic E-state index is 5.54. The number of nitrogen functional groups attached to an aromatic ring is 2. The molecule has 0 amide bonds. The van der Waals surface area contributed by atoms with E-state index in [2.05, 4.69) is 20.3 Å². The molecule has 0 spiro atoms. The third-order valence-electron chi connectivity index (χ3n) is 2.65. The van der Waals surface area contributed by atoms with Crippen LogP contribution in [0.15, 0.2) is 0 Å². The Hall–Kier alpha value is -1.59. The van der Waals surface area contributed by atoms with E-state index in [0.29, 0.717) is 17.9 Å². The van der Waals surface area contributed by atoms with Crippen LogP contribution in [-0.4, -0.2) is 16.0 Å². The molecule has 6 heteroatoms. The molecule has 6 N–H and O–H groups in total. The molecule has 2 rings (SSSR count). The Balaban J connectivity index is 2.02. The van der Waals surface area contributed by atoms with Gasteiger partial charge in [0.1, 0.15) is 0 Å². The number of rotatable bonds is 2. The molecule has 1 fully saturated rings. The minimum Gasteiger partial charge on any atom is -0.351 e. The Labute approximate surface area is 88.5 Å². The van der Waals surface area contributed by atoms with Gasteiger partial charge < -0.3 is 16.8 Å². The fourth-order valence-corrected chi connectivity index (χ4v) is 1.95. The average molecular weight is 209 g/mol. The van der Waals surface area contributed by atoms with Crippen molar-refractivity contribution in [3.8, 4) is 0 Å². The lowest BCUT2D eigenvalue weighted by molar-refractivity contribution is -0.351. The Morgan fingerprint density at radius 3 is 2.53 bits per heavy atom. The second-order valence-corrected chi connectivity index (χ2v) is 3.92. The molecular formula is C9H17N6+. The van der Waals surface area contributed by atoms with Gasteiger partial charge in [-0.2, -0.15) is 0 Å². The van der Waals surface area contributed by atoms with Gasteiger partial charge >= 0.3 is 17.8 Å². The highest BCUT2D eigenvalue weighted by molar-refractivity contribution is 5.30. The summed E-state index contributed by atoms with van der Waals surface area (Å²) in [6.45, 7) is 0. The SMILES string of the molecule is Nc1nc(N)[nH+]c(NC2CCCCC2)n1. The number of nitrogens with zero attached hydrogens (tertiary/aromatic N) is 2. The normalized spacial score (nSPS) is 17.6. The number of hydrogen-bond acceptors (Lipinski definition) is 5. The van der Waals surface area contributed by atoms with E-state index in [1.54, 1.807) is 0 Å². The third kappa shape index (κ3) is 2.68. The molecular weight excluding hydrogens is 192 g/mol. The first-order valence-electron chi connectivity index (χ1n) is 5.33.